The molecule has 0 aliphatic rings. The van der Waals surface area contributed by atoms with Crippen molar-refractivity contribution in [2.75, 3.05) is 27.2 Å². The molecular formula is C17H26ClIN6O. The van der Waals surface area contributed by atoms with Gasteiger partial charge in [0, 0.05) is 45.2 Å². The van der Waals surface area contributed by atoms with Gasteiger partial charge < -0.3 is 19.9 Å². The van der Waals surface area contributed by atoms with Crippen LogP contribution >= 0.6 is 35.6 Å². The number of aryl methyl sites for hydroxylation is 1. The van der Waals surface area contributed by atoms with Crippen LogP contribution in [0.25, 0.3) is 0 Å². The number of guanidine groups is 1. The average molecular weight is 493 g/mol. The Morgan fingerprint density at radius 2 is 2.19 bits per heavy atom. The molecule has 2 N–H and O–H groups in total. The number of hydrogen-bond acceptors (Lipinski definition) is 4. The summed E-state index contributed by atoms with van der Waals surface area (Å²) in [4.78, 5) is 4.24. The predicted octanol–water partition coefficient (Wildman–Crippen LogP) is 2.66. The number of hydrogen-bond donors (Lipinski definition) is 2. The van der Waals surface area contributed by atoms with Crippen molar-refractivity contribution in [1.82, 2.24) is 25.4 Å². The van der Waals surface area contributed by atoms with Gasteiger partial charge in [-0.3, -0.25) is 4.99 Å². The third kappa shape index (κ3) is 6.73. The number of methoxy groups -OCH3 is 1. The molecule has 0 saturated carbocycles. The van der Waals surface area contributed by atoms with Crippen molar-refractivity contribution in [3.8, 4) is 0 Å². The normalized spacial score (nSPS) is 12.4. The van der Waals surface area contributed by atoms with E-state index in [1.165, 1.54) is 0 Å². The number of aromatic nitrogens is 3. The van der Waals surface area contributed by atoms with Crippen LogP contribution in [-0.2, 0) is 17.7 Å². The highest BCUT2D eigenvalue weighted by Crippen LogP contribution is 2.19. The SMILES string of the molecule is CCc1nncn1CCNC(=NC)NCC(OC)c1cccc(Cl)c1.I. The van der Waals surface area contributed by atoms with Gasteiger partial charge >= 0.3 is 0 Å². The molecule has 0 aliphatic heterocycles. The molecule has 1 unspecified atom stereocenters. The lowest BCUT2D eigenvalue weighted by atomic mass is 10.1. The predicted molar refractivity (Wildman–Crippen MR) is 115 cm³/mol. The zero-order valence-corrected chi connectivity index (χ0v) is 18.4. The number of rotatable bonds is 8. The van der Waals surface area contributed by atoms with Crippen LogP contribution in [0.15, 0.2) is 35.6 Å². The largest absolute Gasteiger partial charge is 0.375 e. The van der Waals surface area contributed by atoms with Crippen LogP contribution in [0.2, 0.25) is 5.02 Å². The first-order chi connectivity index (χ1) is 12.2. The second-order valence-electron chi connectivity index (χ2n) is 5.45. The molecule has 0 radical (unpaired) electrons. The van der Waals surface area contributed by atoms with Crippen LogP contribution < -0.4 is 10.6 Å². The van der Waals surface area contributed by atoms with E-state index in [2.05, 4.69) is 32.7 Å². The minimum atomic E-state index is -0.109. The van der Waals surface area contributed by atoms with Crippen molar-refractivity contribution in [3.63, 3.8) is 0 Å². The molecule has 0 amide bonds. The molecule has 0 fully saturated rings. The Bertz CT molecular complexity index is 693. The summed E-state index contributed by atoms with van der Waals surface area (Å²) in [5, 5.41) is 15.3. The van der Waals surface area contributed by atoms with Gasteiger partial charge in [-0.25, -0.2) is 0 Å². The van der Waals surface area contributed by atoms with Gasteiger partial charge in [-0.2, -0.15) is 0 Å². The van der Waals surface area contributed by atoms with Gasteiger partial charge in [-0.15, -0.1) is 34.2 Å². The van der Waals surface area contributed by atoms with E-state index >= 15 is 0 Å². The third-order valence-corrected chi connectivity index (χ3v) is 4.08. The Kier molecular flexibility index (Phi) is 10.5. The van der Waals surface area contributed by atoms with Crippen LogP contribution in [0.4, 0.5) is 0 Å². The number of nitrogens with zero attached hydrogens (tertiary/aromatic N) is 4. The molecule has 7 nitrogen and oxygen atoms in total. The van der Waals surface area contributed by atoms with E-state index in [4.69, 9.17) is 16.3 Å². The van der Waals surface area contributed by atoms with Crippen molar-refractivity contribution >= 4 is 41.5 Å². The maximum Gasteiger partial charge on any atom is 0.191 e. The van der Waals surface area contributed by atoms with Crippen molar-refractivity contribution < 1.29 is 4.74 Å². The zero-order chi connectivity index (χ0) is 18.1. The van der Waals surface area contributed by atoms with Crippen LogP contribution in [0.1, 0.15) is 24.4 Å². The number of aliphatic imine (C=N–C) groups is 1. The Balaban J connectivity index is 0.00000338. The fourth-order valence-corrected chi connectivity index (χ4v) is 2.69. The highest BCUT2D eigenvalue weighted by molar-refractivity contribution is 14.0. The van der Waals surface area contributed by atoms with Crippen molar-refractivity contribution in [2.24, 2.45) is 4.99 Å². The second-order valence-corrected chi connectivity index (χ2v) is 5.89. The Morgan fingerprint density at radius 3 is 2.85 bits per heavy atom. The van der Waals surface area contributed by atoms with Gasteiger partial charge in [0.05, 0.1) is 6.10 Å². The molecule has 9 heteroatoms. The van der Waals surface area contributed by atoms with E-state index in [0.717, 1.165) is 36.9 Å². The minimum absolute atomic E-state index is 0. The highest BCUT2D eigenvalue weighted by Gasteiger charge is 2.11. The van der Waals surface area contributed by atoms with Gasteiger partial charge in [0.15, 0.2) is 5.96 Å². The smallest absolute Gasteiger partial charge is 0.191 e. The van der Waals surface area contributed by atoms with Crippen LogP contribution in [0, 0.1) is 0 Å². The zero-order valence-electron chi connectivity index (χ0n) is 15.3. The summed E-state index contributed by atoms with van der Waals surface area (Å²) < 4.78 is 7.59. The Morgan fingerprint density at radius 1 is 1.38 bits per heavy atom. The maximum atomic E-state index is 6.05. The van der Waals surface area contributed by atoms with Crippen molar-refractivity contribution in [3.05, 3.63) is 47.0 Å². The van der Waals surface area contributed by atoms with Crippen LogP contribution in [0.5, 0.6) is 0 Å². The van der Waals surface area contributed by atoms with Crippen molar-refractivity contribution in [2.45, 2.75) is 26.0 Å². The quantitative estimate of drug-likeness (QED) is 0.337. The van der Waals surface area contributed by atoms with Crippen LogP contribution in [0.3, 0.4) is 0 Å². The molecule has 0 saturated heterocycles. The maximum absolute atomic E-state index is 6.05. The summed E-state index contributed by atoms with van der Waals surface area (Å²) in [6.45, 7) is 4.15. The molecule has 0 spiro atoms. The van der Waals surface area contributed by atoms with E-state index in [0.29, 0.717) is 11.6 Å². The van der Waals surface area contributed by atoms with Crippen LogP contribution in [-0.4, -0.2) is 48.0 Å². The molecule has 26 heavy (non-hydrogen) atoms. The van der Waals surface area contributed by atoms with Crippen molar-refractivity contribution in [1.29, 1.82) is 0 Å². The second kappa shape index (κ2) is 12.1. The minimum Gasteiger partial charge on any atom is -0.375 e. The summed E-state index contributed by atoms with van der Waals surface area (Å²) >= 11 is 6.05. The molecule has 144 valence electrons. The fourth-order valence-electron chi connectivity index (χ4n) is 2.49. The molecule has 1 aromatic heterocycles. The van der Waals surface area contributed by atoms with E-state index in [-0.39, 0.29) is 30.1 Å². The summed E-state index contributed by atoms with van der Waals surface area (Å²) in [7, 11) is 3.43. The van der Waals surface area contributed by atoms with Gasteiger partial charge in [0.25, 0.3) is 0 Å². The van der Waals surface area contributed by atoms with Gasteiger partial charge in [0.2, 0.25) is 0 Å². The molecular weight excluding hydrogens is 467 g/mol. The summed E-state index contributed by atoms with van der Waals surface area (Å²) in [6.07, 6.45) is 2.50. The van der Waals surface area contributed by atoms with Gasteiger partial charge in [-0.1, -0.05) is 30.7 Å². The standard InChI is InChI=1S/C17H25ClN6O.HI/c1-4-16-23-22-12-24(16)9-8-20-17(19-2)21-11-15(25-3)13-6-5-7-14(18)10-13;/h5-7,10,12,15H,4,8-9,11H2,1-3H3,(H2,19,20,21);1H. The number of ether oxygens (including phenoxy) is 1. The lowest BCUT2D eigenvalue weighted by Gasteiger charge is -2.19. The Labute approximate surface area is 176 Å². The first-order valence-electron chi connectivity index (χ1n) is 8.27. The number of halogens is 2. The molecule has 0 aliphatic carbocycles. The first kappa shape index (κ1) is 22.7. The third-order valence-electron chi connectivity index (χ3n) is 3.84. The topological polar surface area (TPSA) is 76.4 Å². The first-order valence-corrected chi connectivity index (χ1v) is 8.65. The molecule has 2 aromatic rings. The lowest BCUT2D eigenvalue weighted by Crippen LogP contribution is -2.41. The summed E-state index contributed by atoms with van der Waals surface area (Å²) in [5.41, 5.74) is 1.02. The summed E-state index contributed by atoms with van der Waals surface area (Å²) in [6, 6.07) is 7.67. The summed E-state index contributed by atoms with van der Waals surface area (Å²) in [5.74, 6) is 1.69. The van der Waals surface area contributed by atoms with E-state index in [9.17, 15) is 0 Å². The molecule has 0 bridgehead atoms. The number of nitrogens with one attached hydrogen (secondary N) is 2. The molecule has 1 aromatic carbocycles. The Hall–Kier alpha value is -1.39. The molecule has 1 atom stereocenters. The van der Waals surface area contributed by atoms with Gasteiger partial charge in [-0.05, 0) is 17.7 Å². The monoisotopic (exact) mass is 492 g/mol. The molecule has 2 rings (SSSR count). The van der Waals surface area contributed by atoms with E-state index in [1.54, 1.807) is 20.5 Å². The molecule has 1 heterocycles. The van der Waals surface area contributed by atoms with E-state index < -0.39 is 0 Å². The van der Waals surface area contributed by atoms with E-state index in [1.807, 2.05) is 28.8 Å². The average Bonchev–Trinajstić information content (AvgIpc) is 3.08. The fraction of sp³-hybridized carbons (Fsp3) is 0.471. The number of benzene rings is 1. The van der Waals surface area contributed by atoms with Gasteiger partial charge in [0.1, 0.15) is 12.2 Å². The highest BCUT2D eigenvalue weighted by atomic mass is 127. The lowest BCUT2D eigenvalue weighted by molar-refractivity contribution is 0.106.